The molecular formula is C17H27NO2. The third kappa shape index (κ3) is 5.33. The lowest BCUT2D eigenvalue weighted by Gasteiger charge is -2.18. The first kappa shape index (κ1) is 16.7. The zero-order chi connectivity index (χ0) is 15.0. The Morgan fingerprint density at radius 2 is 2.20 bits per heavy atom. The number of likely N-dealkylation sites (tertiary alicyclic amines) is 1. The van der Waals surface area contributed by atoms with Crippen LogP contribution in [0.1, 0.15) is 43.7 Å². The Kier molecular flexibility index (Phi) is 7.31. The molecule has 1 aromatic carbocycles. The zero-order valence-corrected chi connectivity index (χ0v) is 13.1. The first-order valence-corrected chi connectivity index (χ1v) is 7.35. The van der Waals surface area contributed by atoms with Crippen molar-refractivity contribution < 1.29 is 9.53 Å². The van der Waals surface area contributed by atoms with Gasteiger partial charge in [0.25, 0.3) is 0 Å². The molecule has 0 aromatic heterocycles. The minimum absolute atomic E-state index is 0.336. The van der Waals surface area contributed by atoms with Crippen LogP contribution in [0.5, 0.6) is 0 Å². The number of amides is 1. The minimum atomic E-state index is 0.336. The molecule has 112 valence electrons. The predicted octanol–water partition coefficient (Wildman–Crippen LogP) is 3.37. The van der Waals surface area contributed by atoms with Crippen LogP contribution >= 0.6 is 0 Å². The third-order valence-corrected chi connectivity index (χ3v) is 3.63. The van der Waals surface area contributed by atoms with Gasteiger partial charge in [-0.15, -0.1) is 0 Å². The lowest BCUT2D eigenvalue weighted by molar-refractivity contribution is -0.119. The summed E-state index contributed by atoms with van der Waals surface area (Å²) in [5, 5.41) is 0. The normalized spacial score (nSPS) is 17.9. The summed E-state index contributed by atoms with van der Waals surface area (Å²) in [7, 11) is 1.67. The first-order valence-electron chi connectivity index (χ1n) is 7.35. The van der Waals surface area contributed by atoms with E-state index in [9.17, 15) is 4.79 Å². The van der Waals surface area contributed by atoms with Crippen LogP contribution in [0.4, 0.5) is 0 Å². The van der Waals surface area contributed by atoms with Crippen molar-refractivity contribution in [3.8, 4) is 0 Å². The minimum Gasteiger partial charge on any atom is -0.383 e. The van der Waals surface area contributed by atoms with Crippen molar-refractivity contribution in [3.63, 3.8) is 0 Å². The highest BCUT2D eigenvalue weighted by molar-refractivity contribution is 5.48. The summed E-state index contributed by atoms with van der Waals surface area (Å²) in [6.07, 6.45) is 3.12. The van der Waals surface area contributed by atoms with E-state index in [2.05, 4.69) is 45.0 Å². The van der Waals surface area contributed by atoms with Crippen molar-refractivity contribution in [2.24, 2.45) is 0 Å². The maximum atomic E-state index is 10.4. The van der Waals surface area contributed by atoms with E-state index in [0.29, 0.717) is 18.6 Å². The number of benzene rings is 1. The molecular weight excluding hydrogens is 250 g/mol. The lowest BCUT2D eigenvalue weighted by atomic mass is 10.0. The molecule has 1 saturated heterocycles. The summed E-state index contributed by atoms with van der Waals surface area (Å²) in [6, 6.07) is 9.00. The van der Waals surface area contributed by atoms with Crippen LogP contribution in [0.15, 0.2) is 24.3 Å². The van der Waals surface area contributed by atoms with E-state index in [-0.39, 0.29) is 0 Å². The molecule has 20 heavy (non-hydrogen) atoms. The maximum absolute atomic E-state index is 10.4. The number of nitrogens with zero attached hydrogens (tertiary/aromatic N) is 1. The number of rotatable bonds is 4. The largest absolute Gasteiger partial charge is 0.383 e. The Labute approximate surface area is 122 Å². The van der Waals surface area contributed by atoms with Gasteiger partial charge in [0, 0.05) is 13.7 Å². The number of aryl methyl sites for hydroxylation is 1. The van der Waals surface area contributed by atoms with Gasteiger partial charge >= 0.3 is 0 Å². The second-order valence-corrected chi connectivity index (χ2v) is 5.66. The Bertz CT molecular complexity index is 404. The highest BCUT2D eigenvalue weighted by Crippen LogP contribution is 2.15. The summed E-state index contributed by atoms with van der Waals surface area (Å²) in [6.45, 7) is 8.14. The van der Waals surface area contributed by atoms with Crippen LogP contribution in [-0.2, 0) is 9.53 Å². The molecule has 1 atom stereocenters. The van der Waals surface area contributed by atoms with Crippen LogP contribution in [0, 0.1) is 6.92 Å². The van der Waals surface area contributed by atoms with Gasteiger partial charge in [-0.3, -0.25) is 4.79 Å². The molecule has 0 unspecified atom stereocenters. The first-order chi connectivity index (χ1) is 9.58. The van der Waals surface area contributed by atoms with Gasteiger partial charge in [0.1, 0.15) is 0 Å². The zero-order valence-electron chi connectivity index (χ0n) is 13.1. The van der Waals surface area contributed by atoms with Crippen LogP contribution in [0.25, 0.3) is 0 Å². The predicted molar refractivity (Wildman–Crippen MR) is 82.9 cm³/mol. The summed E-state index contributed by atoms with van der Waals surface area (Å²) in [5.74, 6) is 0.653. The standard InChI is InChI=1S/C10H14.C7H13NO2/c1-8(2)10-6-4-5-9(3)7-10;1-10-5-7-3-2-4-8(7)6-9/h4-8H,1-3H3;6-7H,2-5H2,1H3/t;7-/m.1/s1. The van der Waals surface area contributed by atoms with E-state index in [1.165, 1.54) is 11.1 Å². The molecule has 1 heterocycles. The van der Waals surface area contributed by atoms with Gasteiger partial charge in [-0.2, -0.15) is 0 Å². The van der Waals surface area contributed by atoms with Crippen molar-refractivity contribution in [2.45, 2.75) is 45.6 Å². The van der Waals surface area contributed by atoms with E-state index in [4.69, 9.17) is 4.74 Å². The van der Waals surface area contributed by atoms with Gasteiger partial charge in [0.15, 0.2) is 0 Å². The fraction of sp³-hybridized carbons (Fsp3) is 0.588. The average Bonchev–Trinajstić information content (AvgIpc) is 2.87. The summed E-state index contributed by atoms with van der Waals surface area (Å²) < 4.78 is 4.96. The van der Waals surface area contributed by atoms with E-state index in [1.54, 1.807) is 7.11 Å². The van der Waals surface area contributed by atoms with Crippen molar-refractivity contribution in [1.29, 1.82) is 0 Å². The Morgan fingerprint density at radius 3 is 2.70 bits per heavy atom. The van der Waals surface area contributed by atoms with Crippen LogP contribution < -0.4 is 0 Å². The smallest absolute Gasteiger partial charge is 0.210 e. The number of hydrogen-bond acceptors (Lipinski definition) is 2. The van der Waals surface area contributed by atoms with Crippen LogP contribution in [0.3, 0.4) is 0 Å². The van der Waals surface area contributed by atoms with E-state index in [0.717, 1.165) is 25.8 Å². The van der Waals surface area contributed by atoms with Crippen LogP contribution in [0.2, 0.25) is 0 Å². The number of hydrogen-bond donors (Lipinski definition) is 0. The second-order valence-electron chi connectivity index (χ2n) is 5.66. The van der Waals surface area contributed by atoms with E-state index >= 15 is 0 Å². The lowest BCUT2D eigenvalue weighted by Crippen LogP contribution is -2.31. The monoisotopic (exact) mass is 277 g/mol. The number of methoxy groups -OCH3 is 1. The van der Waals surface area contributed by atoms with Gasteiger partial charge in [-0.25, -0.2) is 0 Å². The third-order valence-electron chi connectivity index (χ3n) is 3.63. The molecule has 0 N–H and O–H groups in total. The van der Waals surface area contributed by atoms with Crippen LogP contribution in [-0.4, -0.2) is 37.6 Å². The fourth-order valence-corrected chi connectivity index (χ4v) is 2.40. The SMILES string of the molecule is COC[C@H]1CCCN1C=O.Cc1cccc(C(C)C)c1. The van der Waals surface area contributed by atoms with E-state index < -0.39 is 0 Å². The molecule has 1 aromatic rings. The second kappa shape index (κ2) is 8.75. The molecule has 0 bridgehead atoms. The quantitative estimate of drug-likeness (QED) is 0.790. The van der Waals surface area contributed by atoms with Gasteiger partial charge in [-0.05, 0) is 31.2 Å². The highest BCUT2D eigenvalue weighted by atomic mass is 16.5. The summed E-state index contributed by atoms with van der Waals surface area (Å²) in [5.41, 5.74) is 2.78. The molecule has 3 nitrogen and oxygen atoms in total. The topological polar surface area (TPSA) is 29.5 Å². The molecule has 0 saturated carbocycles. The average molecular weight is 277 g/mol. The number of ether oxygens (including phenoxy) is 1. The molecule has 3 heteroatoms. The number of carbonyl (C=O) groups excluding carboxylic acids is 1. The molecule has 0 aliphatic carbocycles. The van der Waals surface area contributed by atoms with Crippen molar-refractivity contribution >= 4 is 6.41 Å². The molecule has 0 radical (unpaired) electrons. The molecule has 1 aliphatic rings. The number of carbonyl (C=O) groups is 1. The van der Waals surface area contributed by atoms with Crippen molar-refractivity contribution in [2.75, 3.05) is 20.3 Å². The molecule has 1 amide bonds. The van der Waals surface area contributed by atoms with E-state index in [1.807, 2.05) is 4.90 Å². The molecule has 1 aliphatic heterocycles. The van der Waals surface area contributed by atoms with Gasteiger partial charge in [-0.1, -0.05) is 43.7 Å². The Hall–Kier alpha value is -1.35. The van der Waals surface area contributed by atoms with Gasteiger partial charge in [0.2, 0.25) is 6.41 Å². The summed E-state index contributed by atoms with van der Waals surface area (Å²) >= 11 is 0. The van der Waals surface area contributed by atoms with Gasteiger partial charge < -0.3 is 9.64 Å². The van der Waals surface area contributed by atoms with Crippen molar-refractivity contribution in [3.05, 3.63) is 35.4 Å². The molecule has 0 spiro atoms. The van der Waals surface area contributed by atoms with Gasteiger partial charge in [0.05, 0.1) is 12.6 Å². The Balaban J connectivity index is 0.000000200. The summed E-state index contributed by atoms with van der Waals surface area (Å²) in [4.78, 5) is 12.2. The van der Waals surface area contributed by atoms with Crippen molar-refractivity contribution in [1.82, 2.24) is 4.90 Å². The maximum Gasteiger partial charge on any atom is 0.210 e. The Morgan fingerprint density at radius 1 is 1.45 bits per heavy atom. The molecule has 2 rings (SSSR count). The highest BCUT2D eigenvalue weighted by Gasteiger charge is 2.21. The molecule has 1 fully saturated rings. The fourth-order valence-electron chi connectivity index (χ4n) is 2.40.